The van der Waals surface area contributed by atoms with Crippen molar-refractivity contribution < 1.29 is 22.0 Å². The Morgan fingerprint density at radius 2 is 1.72 bits per heavy atom. The fourth-order valence-corrected chi connectivity index (χ4v) is 4.64. The number of sulfonamides is 1. The lowest BCUT2D eigenvalue weighted by molar-refractivity contribution is -0.127. The van der Waals surface area contributed by atoms with Crippen molar-refractivity contribution >= 4 is 33.1 Å². The molecule has 1 fully saturated rings. The van der Waals surface area contributed by atoms with Gasteiger partial charge in [0.2, 0.25) is 21.8 Å². The van der Waals surface area contributed by atoms with Crippen LogP contribution in [0, 0.1) is 5.82 Å². The highest BCUT2D eigenvalue weighted by atomic mass is 32.2. The highest BCUT2D eigenvalue weighted by Crippen LogP contribution is 2.21. The summed E-state index contributed by atoms with van der Waals surface area (Å²) in [6.45, 7) is 0.618. The van der Waals surface area contributed by atoms with Crippen LogP contribution in [0.25, 0.3) is 17.2 Å². The van der Waals surface area contributed by atoms with Gasteiger partial charge >= 0.3 is 0 Å². The SMILES string of the molecule is O=C(/C=C/c1nc2ccccc2o1)N1CCN(S(=O)(=O)c2ccccc2F)CC1. The number of amides is 1. The molecule has 1 aliphatic heterocycles. The fraction of sp³-hybridized carbons (Fsp3) is 0.200. The third-order valence-corrected chi connectivity index (χ3v) is 6.62. The number of carbonyl (C=O) groups excluding carboxylic acids is 1. The Morgan fingerprint density at radius 3 is 2.45 bits per heavy atom. The quantitative estimate of drug-likeness (QED) is 0.612. The van der Waals surface area contributed by atoms with Crippen LogP contribution >= 0.6 is 0 Å². The normalized spacial score (nSPS) is 16.0. The van der Waals surface area contributed by atoms with E-state index in [2.05, 4.69) is 4.98 Å². The van der Waals surface area contributed by atoms with E-state index in [9.17, 15) is 17.6 Å². The van der Waals surface area contributed by atoms with E-state index in [1.165, 1.54) is 39.6 Å². The number of hydrogen-bond acceptors (Lipinski definition) is 5. The van der Waals surface area contributed by atoms with Crippen molar-refractivity contribution in [2.75, 3.05) is 26.2 Å². The van der Waals surface area contributed by atoms with E-state index in [0.29, 0.717) is 17.0 Å². The summed E-state index contributed by atoms with van der Waals surface area (Å²) in [5, 5.41) is 0. The van der Waals surface area contributed by atoms with E-state index in [1.54, 1.807) is 6.07 Å². The molecular weight excluding hydrogens is 397 g/mol. The lowest BCUT2D eigenvalue weighted by Gasteiger charge is -2.33. The van der Waals surface area contributed by atoms with Gasteiger partial charge in [0, 0.05) is 38.3 Å². The predicted octanol–water partition coefficient (Wildman–Crippen LogP) is 2.51. The second-order valence-electron chi connectivity index (χ2n) is 6.51. The van der Waals surface area contributed by atoms with Crippen molar-refractivity contribution in [3.05, 3.63) is 66.3 Å². The average molecular weight is 415 g/mol. The summed E-state index contributed by atoms with van der Waals surface area (Å²) < 4.78 is 45.9. The minimum atomic E-state index is -3.93. The van der Waals surface area contributed by atoms with E-state index in [4.69, 9.17) is 4.42 Å². The number of carbonyl (C=O) groups is 1. The van der Waals surface area contributed by atoms with Crippen LogP contribution in [0.15, 0.2) is 63.9 Å². The molecule has 1 amide bonds. The first-order chi connectivity index (χ1) is 13.9. The van der Waals surface area contributed by atoms with Gasteiger partial charge in [-0.05, 0) is 24.3 Å². The number of benzene rings is 2. The van der Waals surface area contributed by atoms with Gasteiger partial charge in [-0.1, -0.05) is 24.3 Å². The molecule has 1 aliphatic rings. The van der Waals surface area contributed by atoms with Crippen LogP contribution in [0.3, 0.4) is 0 Å². The smallest absolute Gasteiger partial charge is 0.246 e. The summed E-state index contributed by atoms with van der Waals surface area (Å²) in [6, 6.07) is 12.6. The summed E-state index contributed by atoms with van der Waals surface area (Å²) >= 11 is 0. The van der Waals surface area contributed by atoms with Gasteiger partial charge in [-0.2, -0.15) is 4.31 Å². The number of hydrogen-bond donors (Lipinski definition) is 0. The number of para-hydroxylation sites is 2. The molecule has 0 unspecified atom stereocenters. The molecule has 1 saturated heterocycles. The zero-order valence-electron chi connectivity index (χ0n) is 15.4. The Morgan fingerprint density at radius 1 is 1.03 bits per heavy atom. The van der Waals surface area contributed by atoms with Gasteiger partial charge in [-0.15, -0.1) is 0 Å². The summed E-state index contributed by atoms with van der Waals surface area (Å²) in [5.41, 5.74) is 1.33. The molecule has 0 N–H and O–H groups in total. The minimum absolute atomic E-state index is 0.0964. The summed E-state index contributed by atoms with van der Waals surface area (Å²) in [7, 11) is -3.93. The molecule has 0 radical (unpaired) electrons. The van der Waals surface area contributed by atoms with Crippen molar-refractivity contribution in [2.45, 2.75) is 4.90 Å². The van der Waals surface area contributed by atoms with Crippen molar-refractivity contribution in [3.8, 4) is 0 Å². The average Bonchev–Trinajstić information content (AvgIpc) is 3.15. The number of fused-ring (bicyclic) bond motifs is 1. The molecular formula is C20H18FN3O4S. The van der Waals surface area contributed by atoms with Gasteiger partial charge in [0.25, 0.3) is 0 Å². The zero-order chi connectivity index (χ0) is 20.4. The Hall–Kier alpha value is -3.04. The highest BCUT2D eigenvalue weighted by Gasteiger charge is 2.31. The number of nitrogens with zero attached hydrogens (tertiary/aromatic N) is 3. The van der Waals surface area contributed by atoms with Crippen molar-refractivity contribution in [1.82, 2.24) is 14.2 Å². The first-order valence-corrected chi connectivity index (χ1v) is 10.5. The van der Waals surface area contributed by atoms with E-state index in [1.807, 2.05) is 18.2 Å². The summed E-state index contributed by atoms with van der Waals surface area (Å²) in [5.74, 6) is -0.734. The third-order valence-electron chi connectivity index (χ3n) is 4.68. The van der Waals surface area contributed by atoms with Crippen molar-refractivity contribution in [3.63, 3.8) is 0 Å². The Balaban J connectivity index is 1.40. The lowest BCUT2D eigenvalue weighted by atomic mass is 10.3. The molecule has 0 spiro atoms. The number of rotatable bonds is 4. The fourth-order valence-electron chi connectivity index (χ4n) is 3.15. The Kier molecular flexibility index (Phi) is 5.16. The zero-order valence-corrected chi connectivity index (χ0v) is 16.2. The minimum Gasteiger partial charge on any atom is -0.437 e. The highest BCUT2D eigenvalue weighted by molar-refractivity contribution is 7.89. The van der Waals surface area contributed by atoms with E-state index in [0.717, 1.165) is 6.07 Å². The maximum atomic E-state index is 13.9. The van der Waals surface area contributed by atoms with Gasteiger partial charge in [0.1, 0.15) is 16.2 Å². The standard InChI is InChI=1S/C20H18FN3O4S/c21-15-5-1-4-8-18(15)29(26,27)24-13-11-23(12-14-24)20(25)10-9-19-22-16-6-2-3-7-17(16)28-19/h1-10H,11-14H2/b10-9+. The lowest BCUT2D eigenvalue weighted by Crippen LogP contribution is -2.50. The molecule has 0 bridgehead atoms. The molecule has 2 aromatic carbocycles. The summed E-state index contributed by atoms with van der Waals surface area (Å²) in [4.78, 5) is 17.9. The first-order valence-electron chi connectivity index (χ1n) is 9.02. The number of piperazine rings is 1. The van der Waals surface area contributed by atoms with Crippen LogP contribution in [-0.2, 0) is 14.8 Å². The topological polar surface area (TPSA) is 83.7 Å². The maximum absolute atomic E-state index is 13.9. The van der Waals surface area contributed by atoms with Crippen LogP contribution in [0.5, 0.6) is 0 Å². The summed E-state index contributed by atoms with van der Waals surface area (Å²) in [6.07, 6.45) is 2.84. The molecule has 2 heterocycles. The van der Waals surface area contributed by atoms with Gasteiger partial charge < -0.3 is 9.32 Å². The van der Waals surface area contributed by atoms with E-state index < -0.39 is 15.8 Å². The van der Waals surface area contributed by atoms with Gasteiger partial charge in [0.05, 0.1) is 0 Å². The second-order valence-corrected chi connectivity index (χ2v) is 8.42. The van der Waals surface area contributed by atoms with Gasteiger partial charge in [-0.25, -0.2) is 17.8 Å². The van der Waals surface area contributed by atoms with E-state index in [-0.39, 0.29) is 37.0 Å². The molecule has 7 nitrogen and oxygen atoms in total. The third kappa shape index (κ3) is 3.92. The Bertz CT molecular complexity index is 1150. The second kappa shape index (κ2) is 7.76. The van der Waals surface area contributed by atoms with Gasteiger partial charge in [-0.3, -0.25) is 4.79 Å². The van der Waals surface area contributed by atoms with Crippen LogP contribution in [-0.4, -0.2) is 54.7 Å². The number of halogens is 1. The molecule has 0 aliphatic carbocycles. The molecule has 9 heteroatoms. The maximum Gasteiger partial charge on any atom is 0.246 e. The number of aromatic nitrogens is 1. The molecule has 0 atom stereocenters. The largest absolute Gasteiger partial charge is 0.437 e. The number of oxazole rings is 1. The molecule has 1 aromatic heterocycles. The predicted molar refractivity (Wildman–Crippen MR) is 105 cm³/mol. The molecule has 4 rings (SSSR count). The van der Waals surface area contributed by atoms with Crippen LogP contribution < -0.4 is 0 Å². The Labute approximate surface area is 167 Å². The van der Waals surface area contributed by atoms with Crippen LogP contribution in [0.2, 0.25) is 0 Å². The van der Waals surface area contributed by atoms with Gasteiger partial charge in [0.15, 0.2) is 5.58 Å². The van der Waals surface area contributed by atoms with Crippen molar-refractivity contribution in [1.29, 1.82) is 0 Å². The monoisotopic (exact) mass is 415 g/mol. The first kappa shape index (κ1) is 19.3. The molecule has 3 aromatic rings. The molecule has 0 saturated carbocycles. The molecule has 150 valence electrons. The van der Waals surface area contributed by atoms with E-state index >= 15 is 0 Å². The molecule has 29 heavy (non-hydrogen) atoms. The van der Waals surface area contributed by atoms with Crippen LogP contribution in [0.4, 0.5) is 4.39 Å². The van der Waals surface area contributed by atoms with Crippen LogP contribution in [0.1, 0.15) is 5.89 Å². The van der Waals surface area contributed by atoms with Crippen molar-refractivity contribution in [2.24, 2.45) is 0 Å².